The van der Waals surface area contributed by atoms with Crippen LogP contribution < -0.4 is 0 Å². The lowest BCUT2D eigenvalue weighted by Gasteiger charge is -2.33. The second kappa shape index (κ2) is 5.14. The van der Waals surface area contributed by atoms with Crippen LogP contribution >= 0.6 is 8.53 Å². The van der Waals surface area contributed by atoms with E-state index in [0.29, 0.717) is 12.1 Å². The van der Waals surface area contributed by atoms with Crippen LogP contribution in [-0.4, -0.2) is 22.9 Å². The maximum absolute atomic E-state index is 6.27. The number of hydrogen-bond acceptors (Lipinski definition) is 3. The normalized spacial score (nSPS) is 29.3. The summed E-state index contributed by atoms with van der Waals surface area (Å²) in [4.78, 5) is 0. The van der Waals surface area contributed by atoms with Crippen LogP contribution in [0.1, 0.15) is 44.9 Å². The molecule has 19 heavy (non-hydrogen) atoms. The predicted molar refractivity (Wildman–Crippen MR) is 77.9 cm³/mol. The first-order valence-electron chi connectivity index (χ1n) is 7.07. The van der Waals surface area contributed by atoms with E-state index < -0.39 is 8.53 Å². The number of fused-ring (bicyclic) bond motifs is 3. The van der Waals surface area contributed by atoms with Gasteiger partial charge in [-0.25, -0.2) is 4.67 Å². The largest absolute Gasteiger partial charge is 0.315 e. The average molecular weight is 279 g/mol. The first kappa shape index (κ1) is 13.5. The highest BCUT2D eigenvalue weighted by Gasteiger charge is 2.46. The second-order valence-corrected chi connectivity index (χ2v) is 7.24. The van der Waals surface area contributed by atoms with E-state index in [1.807, 2.05) is 0 Å². The monoisotopic (exact) mass is 279 g/mol. The molecule has 2 aliphatic rings. The molecule has 3 nitrogen and oxygen atoms in total. The minimum atomic E-state index is -0.912. The van der Waals surface area contributed by atoms with Crippen LogP contribution in [0.15, 0.2) is 24.3 Å². The van der Waals surface area contributed by atoms with Gasteiger partial charge in [0.1, 0.15) is 12.2 Å². The van der Waals surface area contributed by atoms with Crippen molar-refractivity contribution < 1.29 is 9.05 Å². The van der Waals surface area contributed by atoms with Crippen molar-refractivity contribution in [2.75, 3.05) is 0 Å². The van der Waals surface area contributed by atoms with Gasteiger partial charge in [0, 0.05) is 18.5 Å². The van der Waals surface area contributed by atoms with Crippen molar-refractivity contribution in [3.8, 4) is 0 Å². The minimum absolute atomic E-state index is 0.141. The molecular formula is C15H22NO2P. The fourth-order valence-electron chi connectivity index (χ4n) is 3.06. The van der Waals surface area contributed by atoms with Gasteiger partial charge in [-0.05, 0) is 38.8 Å². The fraction of sp³-hybridized carbons (Fsp3) is 0.600. The molecule has 1 aromatic carbocycles. The highest BCUT2D eigenvalue weighted by atomic mass is 31.2. The van der Waals surface area contributed by atoms with Crippen LogP contribution in [0.4, 0.5) is 0 Å². The molecule has 3 rings (SSSR count). The van der Waals surface area contributed by atoms with Crippen molar-refractivity contribution in [3.63, 3.8) is 0 Å². The lowest BCUT2D eigenvalue weighted by molar-refractivity contribution is 0.176. The molecule has 0 N–H and O–H groups in total. The van der Waals surface area contributed by atoms with Crippen LogP contribution in [0.25, 0.3) is 0 Å². The summed E-state index contributed by atoms with van der Waals surface area (Å²) in [5.74, 6) is 0. The van der Waals surface area contributed by atoms with Crippen molar-refractivity contribution in [2.24, 2.45) is 0 Å². The summed E-state index contributed by atoms with van der Waals surface area (Å²) in [5, 5.41) is 0. The van der Waals surface area contributed by atoms with E-state index >= 15 is 0 Å². The summed E-state index contributed by atoms with van der Waals surface area (Å²) < 4.78 is 14.8. The molecule has 0 bridgehead atoms. The third kappa shape index (κ3) is 2.34. The SMILES string of the molecule is CC(C)N(C(C)C)P1O[C@@H]2Cc3ccccc3[C@@H]2O1. The van der Waals surface area contributed by atoms with Crippen LogP contribution in [0.5, 0.6) is 0 Å². The first-order valence-corrected chi connectivity index (χ1v) is 8.20. The Morgan fingerprint density at radius 3 is 2.47 bits per heavy atom. The fourth-order valence-corrected chi connectivity index (χ4v) is 4.94. The zero-order valence-corrected chi connectivity index (χ0v) is 12.9. The molecular weight excluding hydrogens is 257 g/mol. The lowest BCUT2D eigenvalue weighted by Crippen LogP contribution is -2.32. The summed E-state index contributed by atoms with van der Waals surface area (Å²) in [7, 11) is -0.912. The molecule has 104 valence electrons. The maximum Gasteiger partial charge on any atom is 0.260 e. The lowest BCUT2D eigenvalue weighted by atomic mass is 10.1. The summed E-state index contributed by atoms with van der Waals surface area (Å²) >= 11 is 0. The minimum Gasteiger partial charge on any atom is -0.315 e. The third-order valence-corrected chi connectivity index (χ3v) is 5.96. The van der Waals surface area contributed by atoms with Crippen molar-refractivity contribution in [3.05, 3.63) is 35.4 Å². The summed E-state index contributed by atoms with van der Waals surface area (Å²) in [6.07, 6.45) is 1.34. The Morgan fingerprint density at radius 2 is 1.79 bits per heavy atom. The molecule has 4 heteroatoms. The van der Waals surface area contributed by atoms with Gasteiger partial charge < -0.3 is 9.05 Å². The van der Waals surface area contributed by atoms with Gasteiger partial charge in [-0.2, -0.15) is 0 Å². The van der Waals surface area contributed by atoms with Crippen LogP contribution in [0.3, 0.4) is 0 Å². The van der Waals surface area contributed by atoms with Crippen LogP contribution in [0, 0.1) is 0 Å². The Labute approximate surface area is 116 Å². The Balaban J connectivity index is 1.79. The van der Waals surface area contributed by atoms with E-state index in [1.165, 1.54) is 11.1 Å². The smallest absolute Gasteiger partial charge is 0.260 e. The van der Waals surface area contributed by atoms with Gasteiger partial charge in [-0.15, -0.1) is 0 Å². The Bertz CT molecular complexity index is 455. The topological polar surface area (TPSA) is 21.7 Å². The quantitative estimate of drug-likeness (QED) is 0.779. The Kier molecular flexibility index (Phi) is 3.65. The first-order chi connectivity index (χ1) is 9.08. The van der Waals surface area contributed by atoms with Gasteiger partial charge >= 0.3 is 0 Å². The van der Waals surface area contributed by atoms with Crippen LogP contribution in [0.2, 0.25) is 0 Å². The van der Waals surface area contributed by atoms with E-state index in [2.05, 4.69) is 56.6 Å². The summed E-state index contributed by atoms with van der Waals surface area (Å²) in [6, 6.07) is 9.44. The molecule has 3 atom stereocenters. The van der Waals surface area contributed by atoms with E-state index in [4.69, 9.17) is 9.05 Å². The molecule has 1 aliphatic carbocycles. The van der Waals surface area contributed by atoms with Crippen LogP contribution in [-0.2, 0) is 15.5 Å². The third-order valence-electron chi connectivity index (χ3n) is 3.80. The van der Waals surface area contributed by atoms with Gasteiger partial charge in [0.2, 0.25) is 0 Å². The molecule has 1 unspecified atom stereocenters. The van der Waals surface area contributed by atoms with Crippen molar-refractivity contribution in [2.45, 2.75) is 58.4 Å². The second-order valence-electron chi connectivity index (χ2n) is 5.88. The molecule has 1 fully saturated rings. The van der Waals surface area contributed by atoms with E-state index in [9.17, 15) is 0 Å². The highest BCUT2D eigenvalue weighted by Crippen LogP contribution is 2.60. The van der Waals surface area contributed by atoms with Gasteiger partial charge in [-0.1, -0.05) is 24.3 Å². The van der Waals surface area contributed by atoms with Gasteiger partial charge in [-0.3, -0.25) is 0 Å². The molecule has 0 saturated carbocycles. The molecule has 1 saturated heterocycles. The molecule has 0 spiro atoms. The zero-order valence-electron chi connectivity index (χ0n) is 12.0. The van der Waals surface area contributed by atoms with E-state index in [0.717, 1.165) is 6.42 Å². The number of rotatable bonds is 3. The molecule has 0 radical (unpaired) electrons. The van der Waals surface area contributed by atoms with Gasteiger partial charge in [0.25, 0.3) is 8.53 Å². The molecule has 1 aromatic rings. The van der Waals surface area contributed by atoms with E-state index in [-0.39, 0.29) is 12.2 Å². The zero-order chi connectivity index (χ0) is 13.6. The number of hydrogen-bond donors (Lipinski definition) is 0. The number of nitrogens with zero attached hydrogens (tertiary/aromatic N) is 1. The molecule has 1 heterocycles. The van der Waals surface area contributed by atoms with Gasteiger partial charge in [0.05, 0.1) is 0 Å². The van der Waals surface area contributed by atoms with Crippen molar-refractivity contribution >= 4 is 8.53 Å². The van der Waals surface area contributed by atoms with Crippen molar-refractivity contribution in [1.29, 1.82) is 0 Å². The Morgan fingerprint density at radius 1 is 1.11 bits per heavy atom. The highest BCUT2D eigenvalue weighted by molar-refractivity contribution is 7.44. The molecule has 1 aliphatic heterocycles. The molecule has 0 amide bonds. The van der Waals surface area contributed by atoms with Crippen molar-refractivity contribution in [1.82, 2.24) is 4.67 Å². The maximum atomic E-state index is 6.27. The van der Waals surface area contributed by atoms with Gasteiger partial charge in [0.15, 0.2) is 0 Å². The predicted octanol–water partition coefficient (Wildman–Crippen LogP) is 4.04. The Hall–Kier alpha value is -0.470. The average Bonchev–Trinajstić information content (AvgIpc) is 2.85. The summed E-state index contributed by atoms with van der Waals surface area (Å²) in [5.41, 5.74) is 2.71. The van der Waals surface area contributed by atoms with E-state index in [1.54, 1.807) is 0 Å². The standard InChI is InChI=1S/C15H22NO2P/c1-10(2)16(11(3)4)19-17-14-9-12-7-5-6-8-13(12)15(14)18-19/h5-8,10-11,14-15H,9H2,1-4H3/t14-,15+,19?/m1/s1. The number of benzene rings is 1. The summed E-state index contributed by atoms with van der Waals surface area (Å²) in [6.45, 7) is 8.82. The molecule has 0 aromatic heterocycles.